The number of nitrogens with two attached hydrogens (primary N) is 1. The molecule has 1 aliphatic rings. The highest BCUT2D eigenvalue weighted by Crippen LogP contribution is 2.29. The molecule has 0 aliphatic carbocycles. The Balaban J connectivity index is 2.69. The third kappa shape index (κ3) is 4.55. The van der Waals surface area contributed by atoms with E-state index in [-0.39, 0.29) is 11.1 Å². The molecule has 0 saturated carbocycles. The van der Waals surface area contributed by atoms with E-state index >= 15 is 0 Å². The number of hydrogen-bond acceptors (Lipinski definition) is 8. The van der Waals surface area contributed by atoms with Gasteiger partial charge in [0.05, 0.1) is 13.2 Å². The van der Waals surface area contributed by atoms with Crippen LogP contribution >= 0.6 is 11.8 Å². The second-order valence-electron chi connectivity index (χ2n) is 5.65. The summed E-state index contributed by atoms with van der Waals surface area (Å²) in [6.07, 6.45) is 3.31. The van der Waals surface area contributed by atoms with E-state index < -0.39 is 35.9 Å². The Morgan fingerprint density at radius 2 is 1.89 bits per heavy atom. The largest absolute Gasteiger partial charge is 0.378 e. The lowest BCUT2D eigenvalue weighted by Crippen LogP contribution is -2.44. The van der Waals surface area contributed by atoms with E-state index in [4.69, 9.17) is 5.73 Å². The molecule has 0 aromatic heterocycles. The van der Waals surface area contributed by atoms with Gasteiger partial charge in [0.1, 0.15) is 9.79 Å². The van der Waals surface area contributed by atoms with Crippen molar-refractivity contribution < 1.29 is 21.7 Å². The first-order chi connectivity index (χ1) is 13.0. The lowest BCUT2D eigenvalue weighted by molar-refractivity contribution is 0.153. The van der Waals surface area contributed by atoms with Crippen LogP contribution in [0.2, 0.25) is 0 Å². The normalized spacial score (nSPS) is 18.6. The van der Waals surface area contributed by atoms with Gasteiger partial charge < -0.3 is 5.73 Å². The second-order valence-corrected chi connectivity index (χ2v) is 9.88. The molecule has 1 heterocycles. The molecule has 13 heteroatoms. The molecule has 3 N–H and O–H groups in total. The first-order valence-electron chi connectivity index (χ1n) is 7.88. The summed E-state index contributed by atoms with van der Waals surface area (Å²) in [5.74, 6) is -0.147. The lowest BCUT2D eigenvalue weighted by atomic mass is 10.2. The predicted molar refractivity (Wildman–Crippen MR) is 109 cm³/mol. The van der Waals surface area contributed by atoms with Crippen LogP contribution in [0.15, 0.2) is 55.8 Å². The smallest absolute Gasteiger partial charge is 0.268 e. The molecule has 2 rings (SSSR count). The van der Waals surface area contributed by atoms with Crippen LogP contribution in [0.4, 0.5) is 0 Å². The summed E-state index contributed by atoms with van der Waals surface area (Å²) >= 11 is 1.13. The van der Waals surface area contributed by atoms with Crippen molar-refractivity contribution in [1.29, 1.82) is 0 Å². The Morgan fingerprint density at radius 1 is 1.29 bits per heavy atom. The van der Waals surface area contributed by atoms with Crippen LogP contribution in [-0.2, 0) is 24.9 Å². The van der Waals surface area contributed by atoms with Crippen LogP contribution in [0.3, 0.4) is 0 Å². The molecule has 0 saturated heterocycles. The van der Waals surface area contributed by atoms with Crippen LogP contribution in [-0.4, -0.2) is 51.7 Å². The summed E-state index contributed by atoms with van der Waals surface area (Å²) in [4.78, 5) is 13.7. The zero-order valence-corrected chi connectivity index (χ0v) is 18.1. The van der Waals surface area contributed by atoms with Gasteiger partial charge in [-0.15, -0.1) is 0 Å². The van der Waals surface area contributed by atoms with Gasteiger partial charge in [0, 0.05) is 5.70 Å². The van der Waals surface area contributed by atoms with Crippen molar-refractivity contribution in [1.82, 2.24) is 9.19 Å². The maximum Gasteiger partial charge on any atom is 0.268 e. The minimum atomic E-state index is -4.36. The highest BCUT2D eigenvalue weighted by Gasteiger charge is 2.37. The molecule has 154 valence electrons. The predicted octanol–water partition coefficient (Wildman–Crippen LogP) is 0.857. The van der Waals surface area contributed by atoms with Crippen LogP contribution in [0.25, 0.3) is 0 Å². The van der Waals surface area contributed by atoms with Gasteiger partial charge in [0.2, 0.25) is 5.96 Å². The molecule has 1 aliphatic heterocycles. The van der Waals surface area contributed by atoms with Gasteiger partial charge >= 0.3 is 0 Å². The Morgan fingerprint density at radius 3 is 2.46 bits per heavy atom. The van der Waals surface area contributed by atoms with Gasteiger partial charge in [-0.3, -0.25) is 4.84 Å². The second kappa shape index (κ2) is 8.61. The summed E-state index contributed by atoms with van der Waals surface area (Å²) in [5.41, 5.74) is 6.31. The molecule has 0 bridgehead atoms. The zero-order chi connectivity index (χ0) is 21.1. The Bertz CT molecular complexity index is 1050. The van der Waals surface area contributed by atoms with Crippen LogP contribution in [0.5, 0.6) is 0 Å². The Labute approximate surface area is 168 Å². The molecule has 0 radical (unpaired) electrons. The molecule has 0 fully saturated rings. The van der Waals surface area contributed by atoms with Gasteiger partial charge in [-0.05, 0) is 38.3 Å². The average molecular weight is 448 g/mol. The third-order valence-corrected chi connectivity index (χ3v) is 7.50. The number of guanidine groups is 1. The number of aliphatic imine (C=N–C) groups is 2. The van der Waals surface area contributed by atoms with Gasteiger partial charge in [-0.2, -0.15) is 4.99 Å². The van der Waals surface area contributed by atoms with Crippen molar-refractivity contribution in [2.45, 2.75) is 29.7 Å². The highest BCUT2D eigenvalue weighted by atomic mass is 32.2. The summed E-state index contributed by atoms with van der Waals surface area (Å²) < 4.78 is 52.6. The van der Waals surface area contributed by atoms with E-state index in [9.17, 15) is 16.8 Å². The van der Waals surface area contributed by atoms with Crippen LogP contribution < -0.4 is 10.6 Å². The van der Waals surface area contributed by atoms with Crippen molar-refractivity contribution >= 4 is 42.9 Å². The number of benzene rings is 1. The van der Waals surface area contributed by atoms with Crippen molar-refractivity contribution in [3.63, 3.8) is 0 Å². The quantitative estimate of drug-likeness (QED) is 0.387. The molecular weight excluding hydrogens is 426 g/mol. The molecular formula is C15H21N5O5S3. The van der Waals surface area contributed by atoms with Gasteiger partial charge in [-0.25, -0.2) is 26.1 Å². The molecule has 1 aromatic carbocycles. The monoisotopic (exact) mass is 447 g/mol. The summed E-state index contributed by atoms with van der Waals surface area (Å²) in [6, 6.07) is 4.52. The fraction of sp³-hybridized carbons (Fsp3) is 0.333. The number of hydrogen-bond donors (Lipinski definition) is 2. The van der Waals surface area contributed by atoms with Crippen LogP contribution in [0, 0.1) is 0 Å². The minimum absolute atomic E-state index is 0.114. The average Bonchev–Trinajstić information content (AvgIpc) is 2.60. The number of nitrogens with zero attached hydrogens (tertiary/aromatic N) is 3. The first-order valence-corrected chi connectivity index (χ1v) is 12.0. The summed E-state index contributed by atoms with van der Waals surface area (Å²) in [5, 5.41) is 0.114. The standard InChI is InChI=1S/C15H21N5O5S3/c1-10-9-11(2)20(15(17-10)18-14(16)26-4)28(23,24)13-8-6-5-7-12(13)27(21,22)19-25-3/h5-9,11,19H,1-4H3,(H2,16,17,18). The molecule has 0 spiro atoms. The fourth-order valence-corrected chi connectivity index (χ4v) is 5.83. The number of thioether (sulfide) groups is 1. The van der Waals surface area contributed by atoms with Crippen molar-refractivity contribution in [2.24, 2.45) is 15.7 Å². The number of allylic oxidation sites excluding steroid dienone is 1. The number of rotatable bonds is 5. The maximum atomic E-state index is 13.4. The lowest BCUT2D eigenvalue weighted by Gasteiger charge is -2.31. The molecule has 10 nitrogen and oxygen atoms in total. The molecule has 1 aromatic rings. The third-order valence-electron chi connectivity index (χ3n) is 3.61. The van der Waals surface area contributed by atoms with E-state index in [2.05, 4.69) is 14.8 Å². The van der Waals surface area contributed by atoms with Crippen molar-refractivity contribution in [3.8, 4) is 0 Å². The number of sulfonamides is 2. The van der Waals surface area contributed by atoms with Crippen LogP contribution in [0.1, 0.15) is 13.8 Å². The van der Waals surface area contributed by atoms with E-state index in [1.165, 1.54) is 24.3 Å². The van der Waals surface area contributed by atoms with E-state index in [1.807, 2.05) is 4.89 Å². The van der Waals surface area contributed by atoms with Gasteiger partial charge in [0.15, 0.2) is 5.17 Å². The Hall–Kier alpha value is -1.93. The summed E-state index contributed by atoms with van der Waals surface area (Å²) in [6.45, 7) is 3.33. The fourth-order valence-electron chi connectivity index (χ4n) is 2.53. The highest BCUT2D eigenvalue weighted by molar-refractivity contribution is 8.13. The van der Waals surface area contributed by atoms with Gasteiger partial charge in [-0.1, -0.05) is 28.8 Å². The van der Waals surface area contributed by atoms with Crippen molar-refractivity contribution in [3.05, 3.63) is 36.0 Å². The van der Waals surface area contributed by atoms with E-state index in [0.29, 0.717) is 5.70 Å². The van der Waals surface area contributed by atoms with E-state index in [0.717, 1.165) is 23.2 Å². The molecule has 1 atom stereocenters. The Kier molecular flexibility index (Phi) is 6.88. The SMILES string of the molecule is CONS(=O)(=O)c1ccccc1S(=O)(=O)N1C(N=C(N)SC)=NC(C)=CC1C. The molecule has 0 amide bonds. The van der Waals surface area contributed by atoms with Gasteiger partial charge in [0.25, 0.3) is 20.0 Å². The van der Waals surface area contributed by atoms with E-state index in [1.54, 1.807) is 26.2 Å². The topological polar surface area (TPSA) is 144 Å². The molecule has 28 heavy (non-hydrogen) atoms. The first kappa shape index (κ1) is 22.4. The zero-order valence-electron chi connectivity index (χ0n) is 15.6. The number of nitrogens with one attached hydrogen (secondary N) is 1. The number of amidine groups is 1. The maximum absolute atomic E-state index is 13.4. The van der Waals surface area contributed by atoms with Crippen molar-refractivity contribution in [2.75, 3.05) is 13.4 Å². The minimum Gasteiger partial charge on any atom is -0.378 e. The summed E-state index contributed by atoms with van der Waals surface area (Å²) in [7, 11) is -7.48. The molecule has 1 unspecified atom stereocenters.